The van der Waals surface area contributed by atoms with Gasteiger partial charge in [0, 0.05) is 69.3 Å². The summed E-state index contributed by atoms with van der Waals surface area (Å²) < 4.78 is 266. The predicted octanol–water partition coefficient (Wildman–Crippen LogP) is 2.02. The highest BCUT2D eigenvalue weighted by atomic mass is 31.2. The maximum Gasteiger partial charge on any atom is 0.530 e. The van der Waals surface area contributed by atoms with E-state index in [9.17, 15) is 97.5 Å². The van der Waals surface area contributed by atoms with E-state index in [0.717, 1.165) is 29.4 Å². The number of para-hydroxylation sites is 4. The number of H-pyrrole nitrogens is 4. The van der Waals surface area contributed by atoms with Crippen LogP contribution in [-0.2, 0) is 99.8 Å². The normalized spacial score (nSPS) is 33.8. The Labute approximate surface area is 721 Å². The van der Waals surface area contributed by atoms with E-state index in [-0.39, 0.29) is 92.6 Å². The van der Waals surface area contributed by atoms with Crippen LogP contribution in [0.5, 0.6) is 46.0 Å². The number of aryl methyl sites for hydroxylation is 4. The molecule has 8 aromatic rings. The maximum absolute atomic E-state index is 15.9. The summed E-state index contributed by atoms with van der Waals surface area (Å²) in [6, 6.07) is 18.9. The molecule has 0 radical (unpaired) electrons. The largest absolute Gasteiger partial charge is 0.530 e. The molecule has 0 amide bonds. The van der Waals surface area contributed by atoms with E-state index in [1.165, 1.54) is 80.4 Å². The lowest BCUT2D eigenvalue weighted by atomic mass is 10.1. The highest BCUT2D eigenvalue weighted by Crippen LogP contribution is 2.62. The van der Waals surface area contributed by atoms with Gasteiger partial charge in [0.05, 0.1) is 63.1 Å². The summed E-state index contributed by atoms with van der Waals surface area (Å²) in [5.41, 5.74) is -5.97. The lowest BCUT2D eigenvalue weighted by Gasteiger charge is -2.28. The second-order valence-electron chi connectivity index (χ2n) is 28.2. The number of nitrogens with one attached hydrogen (secondary N) is 4. The van der Waals surface area contributed by atoms with Gasteiger partial charge in [0.1, 0.15) is 75.2 Å². The molecule has 20 atom stereocenters. The zero-order valence-corrected chi connectivity index (χ0v) is 70.6. The third kappa shape index (κ3) is 19.2. The van der Waals surface area contributed by atoms with Crippen LogP contribution in [0.25, 0.3) is 0 Å². The number of aliphatic hydroxyl groups excluding tert-OH is 8. The second kappa shape index (κ2) is 37.0. The number of methoxy groups -OCH3 is 4. The van der Waals surface area contributed by atoms with Gasteiger partial charge in [-0.15, -0.1) is 0 Å². The van der Waals surface area contributed by atoms with E-state index in [1.807, 2.05) is 19.9 Å². The van der Waals surface area contributed by atoms with Gasteiger partial charge in [-0.3, -0.25) is 93.6 Å². The van der Waals surface area contributed by atoms with Crippen molar-refractivity contribution in [2.75, 3.05) is 54.8 Å². The molecule has 56 heteroatoms. The molecular weight excluding hydrogens is 1820 g/mol. The van der Waals surface area contributed by atoms with Gasteiger partial charge in [-0.05, 0) is 52.0 Å². The molecule has 4 unspecified atom stereocenters. The van der Waals surface area contributed by atoms with Crippen molar-refractivity contribution in [3.63, 3.8) is 0 Å². The number of phosphoric acid groups is 4. The molecule has 4 saturated heterocycles. The summed E-state index contributed by atoms with van der Waals surface area (Å²) in [5.74, 6) is -13.7. The van der Waals surface area contributed by atoms with Crippen molar-refractivity contribution in [1.29, 1.82) is 0 Å². The van der Waals surface area contributed by atoms with Gasteiger partial charge >= 0.3 is 54.0 Å². The highest BCUT2D eigenvalue weighted by Gasteiger charge is 2.62. The number of benzene rings is 4. The molecule has 16 rings (SSSR count). The number of rotatable bonds is 20. The van der Waals surface area contributed by atoms with E-state index in [2.05, 4.69) is 0 Å². The quantitative estimate of drug-likeness (QED) is 0.0383. The fourth-order valence-corrected chi connectivity index (χ4v) is 17.3. The third-order valence-electron chi connectivity index (χ3n) is 19.5. The number of fused-ring (bicyclic) bond motifs is 4. The van der Waals surface area contributed by atoms with Crippen LogP contribution in [0.1, 0.15) is 77.6 Å². The topological polar surface area (TPSA) is 634 Å². The molecular formula is C72H80F4N8O40P4. The maximum atomic E-state index is 15.9. The van der Waals surface area contributed by atoms with Crippen molar-refractivity contribution in [3.05, 3.63) is 225 Å². The first-order valence-corrected chi connectivity index (χ1v) is 42.7. The Hall–Kier alpha value is -10.2. The van der Waals surface area contributed by atoms with Crippen molar-refractivity contribution in [2.45, 2.75) is 151 Å². The Morgan fingerprint density at radius 1 is 0.383 bits per heavy atom. The average Bonchev–Trinajstić information content (AvgIpc) is 1.55. The van der Waals surface area contributed by atoms with Crippen LogP contribution in [0.3, 0.4) is 0 Å². The Morgan fingerprint density at radius 2 is 0.625 bits per heavy atom. The van der Waals surface area contributed by atoms with Crippen LogP contribution in [-0.4, -0.2) is 206 Å². The van der Waals surface area contributed by atoms with Crippen molar-refractivity contribution >= 4 is 31.3 Å². The molecule has 4 aromatic carbocycles. The Balaban J connectivity index is 0.000000152. The number of hydrogen-bond acceptors (Lipinski definition) is 40. The molecule has 48 nitrogen and oxygen atoms in total. The van der Waals surface area contributed by atoms with E-state index >= 15 is 17.6 Å². The van der Waals surface area contributed by atoms with Crippen molar-refractivity contribution in [3.8, 4) is 46.0 Å². The number of hydrogen-bond donors (Lipinski definition) is 12. The molecule has 4 fully saturated rings. The van der Waals surface area contributed by atoms with Crippen LogP contribution >= 0.6 is 31.3 Å². The van der Waals surface area contributed by atoms with Gasteiger partial charge in [-0.2, -0.15) is 0 Å². The summed E-state index contributed by atoms with van der Waals surface area (Å²) in [6.45, 7) is -6.02. The molecule has 8 aliphatic rings. The lowest BCUT2D eigenvalue weighted by molar-refractivity contribution is -0.205. The van der Waals surface area contributed by atoms with E-state index < -0.39 is 206 Å². The van der Waals surface area contributed by atoms with Gasteiger partial charge in [-0.25, -0.2) is 55.0 Å². The number of aromatic nitrogens is 8. The van der Waals surface area contributed by atoms with Crippen molar-refractivity contribution in [2.24, 2.45) is 0 Å². The Kier molecular flexibility index (Phi) is 25.2. The molecule has 4 aromatic heterocycles. The number of halogens is 4. The van der Waals surface area contributed by atoms with E-state index in [4.69, 9.17) is 100 Å². The SMILES string of the molecule is COc1cccc2c1OP(=O)(OC[C@@]1(F)O[C@@H](n3cc(C)c(=O)[nH]c3=O)[C@H](O)[C@@H]1O)OC2.[2H]C([2H])(OP1(=O)OCc2cccc(OC)c2O1)[C@@]1(F)O[C@@H](n2cc(C)c(=O)[nH]c2=O)[C@H](O)[C@@H]1O.[2H]C([2H])(OP1(=O)OCc2cccc(OC)c2O1)[C@@]1(F)O[C@@]([2H])(n2cc(C)c(=O)[nH]c2=O)[C@H](O)[C@@H]1O.[2H][C@@]1(n2cc(C)c(=O)[nH]c2=O)O[C@](F)(COP2(=O)OCc3cccc(OC)c3O2)[C@@H](O)[C@H]1O. The number of phosphoric ester groups is 4. The fourth-order valence-electron chi connectivity index (χ4n) is 12.6. The van der Waals surface area contributed by atoms with Crippen LogP contribution < -0.4 is 82.0 Å². The molecule has 8 aliphatic heterocycles. The minimum absolute atomic E-state index is 0.0124. The Morgan fingerprint density at radius 3 is 0.938 bits per heavy atom. The number of alkyl halides is 4. The number of ether oxygens (including phenoxy) is 8. The molecule has 12 N–H and O–H groups in total. The van der Waals surface area contributed by atoms with Crippen LogP contribution in [0.15, 0.2) is 136 Å². The predicted molar refractivity (Wildman–Crippen MR) is 416 cm³/mol. The first-order valence-electron chi connectivity index (χ1n) is 39.9. The van der Waals surface area contributed by atoms with Gasteiger partial charge < -0.3 is 96.8 Å². The third-order valence-corrected chi connectivity index (χ3v) is 24.5. The lowest BCUT2D eigenvalue weighted by Crippen LogP contribution is -2.43. The van der Waals surface area contributed by atoms with Gasteiger partial charge in [0.15, 0.2) is 70.9 Å². The van der Waals surface area contributed by atoms with E-state index in [1.54, 1.807) is 48.5 Å². The van der Waals surface area contributed by atoms with Gasteiger partial charge in [0.2, 0.25) is 0 Å². The first-order chi connectivity index (χ1) is 62.5. The van der Waals surface area contributed by atoms with E-state index in [0.29, 0.717) is 31.4 Å². The molecule has 0 spiro atoms. The van der Waals surface area contributed by atoms with Crippen LogP contribution in [0.4, 0.5) is 17.6 Å². The summed E-state index contributed by atoms with van der Waals surface area (Å²) in [5, 5.41) is 82.4. The standard InChI is InChI=1S/4C18H20FN2O10P/c4*1-9-6-21(17(25)20-15(9)24)16-12(22)14(23)18(19,30-16)8-29-32(26)28-7-10-4-3-5-11(27-2)13(10)31-32/h4*3-6,12,14,16,22-23H,7-8H2,1-2H3,(H,20,24,25)/t4*12-,14+,16-,18-,32?/m1111/s1/i8D2,16D;16D;8D2;. The molecule has 0 saturated carbocycles. The molecule has 0 aliphatic carbocycles. The van der Waals surface area contributed by atoms with Crippen LogP contribution in [0.2, 0.25) is 0 Å². The summed E-state index contributed by atoms with van der Waals surface area (Å²) in [7, 11) is -13.2. The first kappa shape index (κ1) is 87.2. The Bertz CT molecular complexity index is 6570. The average molecular weight is 1900 g/mol. The minimum atomic E-state index is -4.93. The van der Waals surface area contributed by atoms with Gasteiger partial charge in [0.25, 0.3) is 45.7 Å². The number of aliphatic hydroxyl groups is 8. The monoisotopic (exact) mass is 1900 g/mol. The molecule has 128 heavy (non-hydrogen) atoms. The van der Waals surface area contributed by atoms with Crippen LogP contribution in [0, 0.1) is 27.7 Å². The zero-order chi connectivity index (χ0) is 98.5. The minimum Gasteiger partial charge on any atom is -0.493 e. The van der Waals surface area contributed by atoms with Gasteiger partial charge in [-0.1, -0.05) is 48.5 Å². The van der Waals surface area contributed by atoms with Crippen molar-refractivity contribution < 1.29 is 177 Å². The summed E-state index contributed by atoms with van der Waals surface area (Å²) >= 11 is 0. The number of nitrogens with zero attached hydrogens (tertiary/aromatic N) is 4. The van der Waals surface area contributed by atoms with Crippen molar-refractivity contribution in [1.82, 2.24) is 38.2 Å². The zero-order valence-electron chi connectivity index (χ0n) is 73.0. The smallest absolute Gasteiger partial charge is 0.493 e. The molecule has 0 bridgehead atoms. The molecule has 12 heterocycles. The summed E-state index contributed by atoms with van der Waals surface area (Å²) in [6.07, 6.45) is -25.2. The highest BCUT2D eigenvalue weighted by molar-refractivity contribution is 7.49. The molecule has 696 valence electrons. The summed E-state index contributed by atoms with van der Waals surface area (Å²) in [4.78, 5) is 102. The fraction of sp³-hybridized carbons (Fsp3) is 0.444. The second-order valence-corrected chi connectivity index (χ2v) is 34.4. The number of aromatic amines is 4.